The molecule has 0 amide bonds. The van der Waals surface area contributed by atoms with Crippen LogP contribution in [0.1, 0.15) is 88.5 Å². The first-order valence-electron chi connectivity index (χ1n) is 9.75. The van der Waals surface area contributed by atoms with E-state index >= 15 is 0 Å². The van der Waals surface area contributed by atoms with Gasteiger partial charge in [0, 0.05) is 5.56 Å². The number of carboxylic acids is 1. The summed E-state index contributed by atoms with van der Waals surface area (Å²) < 4.78 is 0. The summed E-state index contributed by atoms with van der Waals surface area (Å²) in [7, 11) is 0. The normalized spacial score (nSPS) is 31.5. The summed E-state index contributed by atoms with van der Waals surface area (Å²) >= 11 is 0. The highest BCUT2D eigenvalue weighted by Gasteiger charge is 2.55. The second-order valence-corrected chi connectivity index (χ2v) is 9.02. The number of hydrogen-bond donors (Lipinski definition) is 2. The van der Waals surface area contributed by atoms with Crippen molar-refractivity contribution in [3.05, 3.63) is 34.4 Å². The molecule has 2 aliphatic carbocycles. The molecule has 3 atom stereocenters. The van der Waals surface area contributed by atoms with Crippen LogP contribution in [0.4, 0.5) is 0 Å². The minimum Gasteiger partial charge on any atom is -0.481 e. The van der Waals surface area contributed by atoms with Crippen LogP contribution in [0.5, 0.6) is 0 Å². The first kappa shape index (κ1) is 18.9. The van der Waals surface area contributed by atoms with Gasteiger partial charge in [-0.1, -0.05) is 38.4 Å². The van der Waals surface area contributed by atoms with Gasteiger partial charge >= 0.3 is 5.97 Å². The Bertz CT molecular complexity index is 767. The molecule has 2 aliphatic rings. The number of aryl methyl sites for hydroxylation is 1. The standard InChI is InChI=1S/C22H31NO3/c1-13(2)16-11-15-7-8-19-21(4,9-6-10-22(19,5)20(24)25)18(15)12-17(16)14(3)23-26/h11-13,19,26H,6-10H2,1-5H3,(H,24,25)/b23-14+/t19?,21-,22-/m1/s1. The fourth-order valence-corrected chi connectivity index (χ4v) is 5.64. The molecule has 4 heteroatoms. The molecule has 1 fully saturated rings. The van der Waals surface area contributed by atoms with Crippen LogP contribution in [0.3, 0.4) is 0 Å². The lowest BCUT2D eigenvalue weighted by Crippen LogP contribution is -2.52. The van der Waals surface area contributed by atoms with E-state index in [-0.39, 0.29) is 11.3 Å². The topological polar surface area (TPSA) is 69.9 Å². The van der Waals surface area contributed by atoms with Gasteiger partial charge in [0.2, 0.25) is 0 Å². The first-order valence-corrected chi connectivity index (χ1v) is 9.75. The van der Waals surface area contributed by atoms with Crippen molar-refractivity contribution in [2.75, 3.05) is 0 Å². The number of oxime groups is 1. The maximum Gasteiger partial charge on any atom is 0.309 e. The zero-order chi connectivity index (χ0) is 19.3. The molecule has 0 aromatic heterocycles. The monoisotopic (exact) mass is 357 g/mol. The predicted octanol–water partition coefficient (Wildman–Crippen LogP) is 5.10. The average Bonchev–Trinajstić information content (AvgIpc) is 2.59. The Balaban J connectivity index is 2.20. The fraction of sp³-hybridized carbons (Fsp3) is 0.636. The minimum atomic E-state index is -0.665. The number of hydrogen-bond acceptors (Lipinski definition) is 3. The average molecular weight is 357 g/mol. The number of carboxylic acid groups (broad SMARTS) is 1. The van der Waals surface area contributed by atoms with E-state index in [2.05, 4.69) is 38.1 Å². The van der Waals surface area contributed by atoms with Gasteiger partial charge in [0.15, 0.2) is 0 Å². The van der Waals surface area contributed by atoms with E-state index in [0.717, 1.165) is 37.7 Å². The summed E-state index contributed by atoms with van der Waals surface area (Å²) in [5.41, 5.74) is 4.63. The van der Waals surface area contributed by atoms with Crippen LogP contribution in [0.2, 0.25) is 0 Å². The van der Waals surface area contributed by atoms with Crippen LogP contribution < -0.4 is 0 Å². The third-order valence-corrected chi connectivity index (χ3v) is 7.17. The Morgan fingerprint density at radius 3 is 2.54 bits per heavy atom. The van der Waals surface area contributed by atoms with Gasteiger partial charge in [-0.15, -0.1) is 0 Å². The zero-order valence-electron chi connectivity index (χ0n) is 16.6. The lowest BCUT2D eigenvalue weighted by Gasteiger charge is -2.53. The van der Waals surface area contributed by atoms with Crippen molar-refractivity contribution in [1.29, 1.82) is 0 Å². The van der Waals surface area contributed by atoms with Crippen molar-refractivity contribution in [2.24, 2.45) is 16.5 Å². The zero-order valence-corrected chi connectivity index (χ0v) is 16.6. The Labute approximate surface area is 156 Å². The Morgan fingerprint density at radius 2 is 1.96 bits per heavy atom. The quantitative estimate of drug-likeness (QED) is 0.449. The largest absolute Gasteiger partial charge is 0.481 e. The molecule has 1 saturated carbocycles. The highest BCUT2D eigenvalue weighted by atomic mass is 16.4. The lowest BCUT2D eigenvalue weighted by molar-refractivity contribution is -0.157. The van der Waals surface area contributed by atoms with Crippen LogP contribution in [-0.2, 0) is 16.6 Å². The molecule has 0 spiro atoms. The summed E-state index contributed by atoms with van der Waals surface area (Å²) in [5, 5.41) is 22.8. The van der Waals surface area contributed by atoms with Crippen molar-refractivity contribution >= 4 is 11.7 Å². The van der Waals surface area contributed by atoms with Crippen molar-refractivity contribution in [2.45, 2.75) is 78.1 Å². The molecular weight excluding hydrogens is 326 g/mol. The van der Waals surface area contributed by atoms with Crippen molar-refractivity contribution < 1.29 is 15.1 Å². The molecule has 2 N–H and O–H groups in total. The van der Waals surface area contributed by atoms with Gasteiger partial charge in [0.25, 0.3) is 0 Å². The lowest BCUT2D eigenvalue weighted by atomic mass is 9.49. The third kappa shape index (κ3) is 2.65. The Morgan fingerprint density at radius 1 is 1.27 bits per heavy atom. The highest BCUT2D eigenvalue weighted by Crippen LogP contribution is 2.57. The summed E-state index contributed by atoms with van der Waals surface area (Å²) in [5.74, 6) is -0.185. The van der Waals surface area contributed by atoms with E-state index in [1.54, 1.807) is 0 Å². The molecule has 1 unspecified atom stereocenters. The summed E-state index contributed by atoms with van der Waals surface area (Å²) in [6.45, 7) is 10.3. The van der Waals surface area contributed by atoms with Crippen LogP contribution in [0, 0.1) is 11.3 Å². The molecule has 26 heavy (non-hydrogen) atoms. The van der Waals surface area contributed by atoms with Crippen molar-refractivity contribution in [3.63, 3.8) is 0 Å². The molecule has 0 aliphatic heterocycles. The van der Waals surface area contributed by atoms with E-state index in [1.807, 2.05) is 13.8 Å². The molecule has 1 aromatic carbocycles. The van der Waals surface area contributed by atoms with E-state index in [4.69, 9.17) is 0 Å². The first-order chi connectivity index (χ1) is 12.1. The number of carbonyl (C=O) groups is 1. The molecule has 142 valence electrons. The van der Waals surface area contributed by atoms with Crippen LogP contribution in [-0.4, -0.2) is 22.0 Å². The van der Waals surface area contributed by atoms with E-state index < -0.39 is 11.4 Å². The van der Waals surface area contributed by atoms with Gasteiger partial charge in [-0.25, -0.2) is 0 Å². The summed E-state index contributed by atoms with van der Waals surface area (Å²) in [6.07, 6.45) is 4.56. The van der Waals surface area contributed by atoms with Gasteiger partial charge in [-0.2, -0.15) is 0 Å². The molecule has 0 bridgehead atoms. The molecule has 0 heterocycles. The maximum atomic E-state index is 12.1. The van der Waals surface area contributed by atoms with Gasteiger partial charge in [0.1, 0.15) is 0 Å². The van der Waals surface area contributed by atoms with Crippen LogP contribution >= 0.6 is 0 Å². The summed E-state index contributed by atoms with van der Waals surface area (Å²) in [4.78, 5) is 12.1. The SMILES string of the molecule is C/C(=N\O)c1cc2c(cc1C(C)C)CCC1[C@](C)(C(=O)O)CCC[C@]21C. The maximum absolute atomic E-state index is 12.1. The smallest absolute Gasteiger partial charge is 0.309 e. The molecular formula is C22H31NO3. The van der Waals surface area contributed by atoms with Crippen LogP contribution in [0.25, 0.3) is 0 Å². The Hall–Kier alpha value is -1.84. The van der Waals surface area contributed by atoms with Gasteiger partial charge in [-0.05, 0) is 79.5 Å². The van der Waals surface area contributed by atoms with Crippen molar-refractivity contribution in [1.82, 2.24) is 0 Å². The Kier molecular flexibility index (Phi) is 4.66. The molecule has 4 nitrogen and oxygen atoms in total. The molecule has 3 rings (SSSR count). The number of nitrogens with zero attached hydrogens (tertiary/aromatic N) is 1. The molecule has 0 saturated heterocycles. The van der Waals surface area contributed by atoms with E-state index in [0.29, 0.717) is 11.6 Å². The van der Waals surface area contributed by atoms with E-state index in [1.165, 1.54) is 16.7 Å². The highest BCUT2D eigenvalue weighted by molar-refractivity contribution is 6.00. The van der Waals surface area contributed by atoms with Gasteiger partial charge in [0.05, 0.1) is 11.1 Å². The van der Waals surface area contributed by atoms with Crippen LogP contribution in [0.15, 0.2) is 17.3 Å². The fourth-order valence-electron chi connectivity index (χ4n) is 5.64. The molecule has 0 radical (unpaired) electrons. The van der Waals surface area contributed by atoms with Crippen molar-refractivity contribution in [3.8, 4) is 0 Å². The predicted molar refractivity (Wildman–Crippen MR) is 103 cm³/mol. The second kappa shape index (κ2) is 6.40. The summed E-state index contributed by atoms with van der Waals surface area (Å²) in [6, 6.07) is 4.47. The number of fused-ring (bicyclic) bond motifs is 3. The van der Waals surface area contributed by atoms with Gasteiger partial charge in [-0.3, -0.25) is 4.79 Å². The number of rotatable bonds is 3. The minimum absolute atomic E-state index is 0.137. The van der Waals surface area contributed by atoms with Gasteiger partial charge < -0.3 is 10.3 Å². The molecule has 1 aromatic rings. The van der Waals surface area contributed by atoms with E-state index in [9.17, 15) is 15.1 Å². The number of benzene rings is 1. The number of aliphatic carboxylic acids is 1. The second-order valence-electron chi connectivity index (χ2n) is 9.02. The third-order valence-electron chi connectivity index (χ3n) is 7.17.